The monoisotopic (exact) mass is 511 g/mol. The Kier molecular flexibility index (Phi) is 5.56. The topological polar surface area (TPSA) is 55.6 Å². The number of rotatable bonds is 4. The van der Waals surface area contributed by atoms with Gasteiger partial charge >= 0.3 is 6.18 Å². The summed E-state index contributed by atoms with van der Waals surface area (Å²) in [5, 5.41) is 3.01. The van der Waals surface area contributed by atoms with Gasteiger partial charge in [0.2, 0.25) is 5.28 Å². The Labute approximate surface area is 169 Å². The van der Waals surface area contributed by atoms with Crippen LogP contribution in [0.25, 0.3) is 11.4 Å². The SMILES string of the molecule is Cn1cc(C(F)(F)F)nc1-c1ccc(CNc2nc(Cl)ncc2I)c(F)c1. The fraction of sp³-hybridized carbons (Fsp3) is 0.188. The van der Waals surface area contributed by atoms with E-state index in [1.807, 2.05) is 22.6 Å². The fourth-order valence-corrected chi connectivity index (χ4v) is 2.93. The third-order valence-electron chi connectivity index (χ3n) is 3.64. The number of imidazole rings is 1. The molecule has 0 unspecified atom stereocenters. The summed E-state index contributed by atoms with van der Waals surface area (Å²) in [7, 11) is 1.42. The smallest absolute Gasteiger partial charge is 0.365 e. The number of hydrogen-bond acceptors (Lipinski definition) is 4. The largest absolute Gasteiger partial charge is 0.434 e. The average molecular weight is 512 g/mol. The van der Waals surface area contributed by atoms with E-state index in [-0.39, 0.29) is 23.2 Å². The van der Waals surface area contributed by atoms with Crippen LogP contribution in [0.15, 0.2) is 30.6 Å². The van der Waals surface area contributed by atoms with Gasteiger partial charge in [-0.05, 0) is 40.3 Å². The summed E-state index contributed by atoms with van der Waals surface area (Å²) >= 11 is 7.75. The van der Waals surface area contributed by atoms with Crippen LogP contribution < -0.4 is 5.32 Å². The molecule has 0 aliphatic carbocycles. The van der Waals surface area contributed by atoms with Crippen molar-refractivity contribution >= 4 is 40.0 Å². The van der Waals surface area contributed by atoms with Gasteiger partial charge in [-0.3, -0.25) is 0 Å². The molecule has 11 heteroatoms. The standard InChI is InChI=1S/C16H11ClF4IN5/c1-27-7-12(16(19,20)21)25-14(27)8-2-3-9(10(18)4-8)5-23-13-11(22)6-24-15(17)26-13/h2-4,6-7H,5H2,1H3,(H,23,24,26). The molecule has 0 aliphatic rings. The van der Waals surface area contributed by atoms with Gasteiger partial charge in [0.1, 0.15) is 17.5 Å². The molecule has 3 aromatic rings. The van der Waals surface area contributed by atoms with Gasteiger partial charge in [0, 0.05) is 37.1 Å². The maximum atomic E-state index is 14.4. The van der Waals surface area contributed by atoms with Crippen molar-refractivity contribution in [1.29, 1.82) is 0 Å². The molecule has 5 nitrogen and oxygen atoms in total. The highest BCUT2D eigenvalue weighted by atomic mass is 127. The van der Waals surface area contributed by atoms with Crippen LogP contribution in [-0.2, 0) is 19.8 Å². The van der Waals surface area contributed by atoms with Crippen LogP contribution in [0.4, 0.5) is 23.4 Å². The lowest BCUT2D eigenvalue weighted by atomic mass is 10.1. The molecule has 3 rings (SSSR count). The predicted octanol–water partition coefficient (Wildman–Crippen LogP) is 4.91. The zero-order chi connectivity index (χ0) is 19.8. The molecule has 0 amide bonds. The first kappa shape index (κ1) is 19.8. The maximum Gasteiger partial charge on any atom is 0.434 e. The summed E-state index contributed by atoms with van der Waals surface area (Å²) in [6.07, 6.45) is -2.17. The molecule has 2 aromatic heterocycles. The number of aromatic nitrogens is 4. The number of anilines is 1. The van der Waals surface area contributed by atoms with Gasteiger partial charge < -0.3 is 9.88 Å². The van der Waals surface area contributed by atoms with Crippen LogP contribution in [0.1, 0.15) is 11.3 Å². The van der Waals surface area contributed by atoms with Gasteiger partial charge in [0.25, 0.3) is 0 Å². The number of aryl methyl sites for hydroxylation is 1. The number of nitrogens with one attached hydrogen (secondary N) is 1. The maximum absolute atomic E-state index is 14.4. The first-order chi connectivity index (χ1) is 12.6. The molecular weight excluding hydrogens is 501 g/mol. The number of hydrogen-bond donors (Lipinski definition) is 1. The number of halogens is 6. The van der Waals surface area contributed by atoms with Crippen molar-refractivity contribution < 1.29 is 17.6 Å². The Morgan fingerprint density at radius 2 is 2.00 bits per heavy atom. The minimum absolute atomic E-state index is 0.0258. The Morgan fingerprint density at radius 3 is 2.63 bits per heavy atom. The van der Waals surface area contributed by atoms with Gasteiger partial charge in [0.15, 0.2) is 5.69 Å². The van der Waals surface area contributed by atoms with Crippen molar-refractivity contribution in [1.82, 2.24) is 19.5 Å². The van der Waals surface area contributed by atoms with Gasteiger partial charge in [-0.15, -0.1) is 0 Å². The number of alkyl halides is 3. The van der Waals surface area contributed by atoms with Gasteiger partial charge in [-0.25, -0.2) is 14.4 Å². The summed E-state index contributed by atoms with van der Waals surface area (Å²) in [5.41, 5.74) is -0.468. The molecule has 1 aromatic carbocycles. The van der Waals surface area contributed by atoms with E-state index in [4.69, 9.17) is 11.6 Å². The predicted molar refractivity (Wildman–Crippen MR) is 101 cm³/mol. The second-order valence-electron chi connectivity index (χ2n) is 5.55. The molecule has 0 spiro atoms. The third-order valence-corrected chi connectivity index (χ3v) is 4.61. The molecular formula is C16H11ClF4IN5. The lowest BCUT2D eigenvalue weighted by Crippen LogP contribution is -2.06. The number of nitrogens with zero attached hydrogens (tertiary/aromatic N) is 4. The Morgan fingerprint density at radius 1 is 1.26 bits per heavy atom. The van der Waals surface area contributed by atoms with Gasteiger partial charge in [-0.2, -0.15) is 18.2 Å². The average Bonchev–Trinajstić information content (AvgIpc) is 2.98. The van der Waals surface area contributed by atoms with E-state index >= 15 is 0 Å². The van der Waals surface area contributed by atoms with Crippen molar-refractivity contribution in [3.05, 3.63) is 56.5 Å². The summed E-state index contributed by atoms with van der Waals surface area (Å²) in [6, 6.07) is 4.15. The summed E-state index contributed by atoms with van der Waals surface area (Å²) in [4.78, 5) is 11.4. The molecule has 0 bridgehead atoms. The van der Waals surface area contributed by atoms with E-state index in [2.05, 4.69) is 20.3 Å². The van der Waals surface area contributed by atoms with E-state index in [0.29, 0.717) is 15.0 Å². The normalized spacial score (nSPS) is 11.7. The minimum atomic E-state index is -4.56. The zero-order valence-corrected chi connectivity index (χ0v) is 16.6. The highest BCUT2D eigenvalue weighted by Crippen LogP contribution is 2.31. The van der Waals surface area contributed by atoms with Crippen molar-refractivity contribution in [3.8, 4) is 11.4 Å². The third kappa shape index (κ3) is 4.49. The van der Waals surface area contributed by atoms with Gasteiger partial charge in [0.05, 0.1) is 3.57 Å². The lowest BCUT2D eigenvalue weighted by Gasteiger charge is -2.10. The molecule has 142 valence electrons. The van der Waals surface area contributed by atoms with Crippen molar-refractivity contribution in [2.45, 2.75) is 12.7 Å². The summed E-state index contributed by atoms with van der Waals surface area (Å²) < 4.78 is 54.7. The second-order valence-corrected chi connectivity index (χ2v) is 7.05. The molecule has 0 aliphatic heterocycles. The Balaban J connectivity index is 1.82. The van der Waals surface area contributed by atoms with Crippen LogP contribution in [0.5, 0.6) is 0 Å². The van der Waals surface area contributed by atoms with Gasteiger partial charge in [-0.1, -0.05) is 12.1 Å². The van der Waals surface area contributed by atoms with Crippen LogP contribution in [-0.4, -0.2) is 19.5 Å². The van der Waals surface area contributed by atoms with Crippen molar-refractivity contribution in [2.24, 2.45) is 7.05 Å². The quantitative estimate of drug-likeness (QED) is 0.307. The molecule has 2 heterocycles. The van der Waals surface area contributed by atoms with Crippen LogP contribution in [0.2, 0.25) is 5.28 Å². The molecule has 0 fully saturated rings. The van der Waals surface area contributed by atoms with E-state index in [1.54, 1.807) is 0 Å². The van der Waals surface area contributed by atoms with Crippen LogP contribution >= 0.6 is 34.2 Å². The van der Waals surface area contributed by atoms with E-state index in [0.717, 1.165) is 12.3 Å². The first-order valence-electron chi connectivity index (χ1n) is 7.46. The van der Waals surface area contributed by atoms with E-state index < -0.39 is 17.7 Å². The highest BCUT2D eigenvalue weighted by Gasteiger charge is 2.34. The Hall–Kier alpha value is -1.95. The first-order valence-corrected chi connectivity index (χ1v) is 8.92. The molecule has 0 saturated carbocycles. The zero-order valence-electron chi connectivity index (χ0n) is 13.7. The molecule has 1 N–H and O–H groups in total. The molecule has 0 radical (unpaired) electrons. The van der Waals surface area contributed by atoms with E-state index in [9.17, 15) is 17.6 Å². The summed E-state index contributed by atoms with van der Waals surface area (Å²) in [5.74, 6) is -0.0948. The molecule has 27 heavy (non-hydrogen) atoms. The van der Waals surface area contributed by atoms with Crippen LogP contribution in [0.3, 0.4) is 0 Å². The van der Waals surface area contributed by atoms with Crippen LogP contribution in [0, 0.1) is 9.39 Å². The fourth-order valence-electron chi connectivity index (χ4n) is 2.35. The van der Waals surface area contributed by atoms with Crippen molar-refractivity contribution in [3.63, 3.8) is 0 Å². The minimum Gasteiger partial charge on any atom is -0.365 e. The summed E-state index contributed by atoms with van der Waals surface area (Å²) in [6.45, 7) is 0.115. The lowest BCUT2D eigenvalue weighted by molar-refractivity contribution is -0.140. The van der Waals surface area contributed by atoms with E-state index in [1.165, 1.54) is 29.9 Å². The Bertz CT molecular complexity index is 989. The number of benzene rings is 1. The highest BCUT2D eigenvalue weighted by molar-refractivity contribution is 14.1. The second kappa shape index (κ2) is 7.58. The van der Waals surface area contributed by atoms with Crippen molar-refractivity contribution in [2.75, 3.05) is 5.32 Å². The molecule has 0 atom stereocenters. The molecule has 0 saturated heterocycles.